The van der Waals surface area contributed by atoms with E-state index in [1.54, 1.807) is 0 Å². The summed E-state index contributed by atoms with van der Waals surface area (Å²) in [5.41, 5.74) is 0. The maximum absolute atomic E-state index is 12.6. The van der Waals surface area contributed by atoms with E-state index in [0.29, 0.717) is 17.9 Å². The molecule has 3 heteroatoms. The minimum atomic E-state index is 0.0662. The van der Waals surface area contributed by atoms with Crippen molar-refractivity contribution >= 4 is 5.91 Å². The summed E-state index contributed by atoms with van der Waals surface area (Å²) >= 11 is 0. The number of fused-ring (bicyclic) bond motifs is 2. The molecule has 2 saturated carbocycles. The van der Waals surface area contributed by atoms with Gasteiger partial charge in [-0.3, -0.25) is 10.1 Å². The third kappa shape index (κ3) is 1.78. The van der Waals surface area contributed by atoms with E-state index in [0.717, 1.165) is 18.3 Å². The van der Waals surface area contributed by atoms with Crippen LogP contribution in [0.4, 0.5) is 0 Å². The third-order valence-corrected chi connectivity index (χ3v) is 5.32. The minimum Gasteiger partial charge on any atom is -0.322 e. The average Bonchev–Trinajstić information content (AvgIpc) is 3.01. The Labute approximate surface area is 110 Å². The van der Waals surface area contributed by atoms with E-state index < -0.39 is 0 Å². The van der Waals surface area contributed by atoms with Crippen LogP contribution in [0.5, 0.6) is 0 Å². The highest BCUT2D eigenvalue weighted by Crippen LogP contribution is 2.48. The zero-order valence-electron chi connectivity index (χ0n) is 11.9. The molecule has 3 nitrogen and oxygen atoms in total. The van der Waals surface area contributed by atoms with Crippen molar-refractivity contribution in [2.24, 2.45) is 17.8 Å². The first-order valence-electron chi connectivity index (χ1n) is 7.70. The van der Waals surface area contributed by atoms with E-state index >= 15 is 0 Å². The number of rotatable bonds is 3. The van der Waals surface area contributed by atoms with Crippen molar-refractivity contribution in [3.8, 4) is 0 Å². The van der Waals surface area contributed by atoms with Gasteiger partial charge in [-0.25, -0.2) is 0 Å². The number of hydrogen-bond donors (Lipinski definition) is 1. The fourth-order valence-electron chi connectivity index (χ4n) is 4.40. The smallest absolute Gasteiger partial charge is 0.241 e. The Morgan fingerprint density at radius 3 is 2.61 bits per heavy atom. The second-order valence-corrected chi connectivity index (χ2v) is 6.80. The Kier molecular flexibility index (Phi) is 3.13. The van der Waals surface area contributed by atoms with Crippen molar-refractivity contribution in [1.29, 1.82) is 0 Å². The molecule has 2 bridgehead atoms. The van der Waals surface area contributed by atoms with Gasteiger partial charge in [0.2, 0.25) is 5.91 Å². The lowest BCUT2D eigenvalue weighted by atomic mass is 9.93. The largest absolute Gasteiger partial charge is 0.322 e. The molecule has 0 spiro atoms. The fraction of sp³-hybridized carbons (Fsp3) is 0.933. The number of hydrogen-bond acceptors (Lipinski definition) is 2. The lowest BCUT2D eigenvalue weighted by Crippen LogP contribution is -2.49. The summed E-state index contributed by atoms with van der Waals surface area (Å²) in [5.74, 6) is 2.57. The summed E-state index contributed by atoms with van der Waals surface area (Å²) in [6, 6.07) is 0.601. The predicted octanol–water partition coefficient (Wildman–Crippen LogP) is 2.37. The molecule has 0 radical (unpaired) electrons. The normalized spacial score (nSPS) is 43.4. The first-order valence-corrected chi connectivity index (χ1v) is 7.70. The highest BCUT2D eigenvalue weighted by molar-refractivity contribution is 5.84. The molecule has 0 aromatic carbocycles. The minimum absolute atomic E-state index is 0.0662. The highest BCUT2D eigenvalue weighted by atomic mass is 16.2. The van der Waals surface area contributed by atoms with Crippen LogP contribution < -0.4 is 5.32 Å². The summed E-state index contributed by atoms with van der Waals surface area (Å²) < 4.78 is 0. The van der Waals surface area contributed by atoms with Gasteiger partial charge in [0.15, 0.2) is 0 Å². The van der Waals surface area contributed by atoms with Crippen molar-refractivity contribution in [1.82, 2.24) is 10.2 Å². The second-order valence-electron chi connectivity index (χ2n) is 6.80. The topological polar surface area (TPSA) is 32.3 Å². The number of carbonyl (C=O) groups excluding carboxylic acids is 1. The molecule has 1 saturated heterocycles. The van der Waals surface area contributed by atoms with E-state index in [1.165, 1.54) is 25.7 Å². The van der Waals surface area contributed by atoms with Gasteiger partial charge in [0.05, 0.1) is 12.2 Å². The van der Waals surface area contributed by atoms with Crippen molar-refractivity contribution in [2.75, 3.05) is 0 Å². The first-order chi connectivity index (χ1) is 8.61. The van der Waals surface area contributed by atoms with Crippen molar-refractivity contribution in [3.05, 3.63) is 0 Å². The molecular weight excluding hydrogens is 224 g/mol. The molecule has 5 atom stereocenters. The van der Waals surface area contributed by atoms with Crippen LogP contribution in [0, 0.1) is 17.8 Å². The molecule has 2 aliphatic carbocycles. The molecule has 18 heavy (non-hydrogen) atoms. The monoisotopic (exact) mass is 250 g/mol. The van der Waals surface area contributed by atoms with Gasteiger partial charge in [-0.2, -0.15) is 0 Å². The first kappa shape index (κ1) is 12.5. The molecule has 5 unspecified atom stereocenters. The van der Waals surface area contributed by atoms with Crippen LogP contribution in [-0.2, 0) is 4.79 Å². The molecule has 0 aromatic rings. The maximum Gasteiger partial charge on any atom is 0.241 e. The van der Waals surface area contributed by atoms with Gasteiger partial charge in [0.25, 0.3) is 0 Å². The van der Waals surface area contributed by atoms with E-state index in [-0.39, 0.29) is 12.2 Å². The SMILES string of the molecule is CCC1NC(C(C)C)N(C2CC3CCC2C3)C1=O. The van der Waals surface area contributed by atoms with Crippen molar-refractivity contribution < 1.29 is 4.79 Å². The second kappa shape index (κ2) is 4.52. The molecule has 1 aliphatic heterocycles. The molecule has 1 amide bonds. The lowest BCUT2D eigenvalue weighted by Gasteiger charge is -2.37. The zero-order chi connectivity index (χ0) is 12.9. The predicted molar refractivity (Wildman–Crippen MR) is 71.9 cm³/mol. The zero-order valence-corrected chi connectivity index (χ0v) is 11.9. The molecule has 3 fully saturated rings. The number of amides is 1. The fourth-order valence-corrected chi connectivity index (χ4v) is 4.40. The summed E-state index contributed by atoms with van der Waals surface area (Å²) in [5, 5.41) is 3.55. The molecule has 1 N–H and O–H groups in total. The summed E-state index contributed by atoms with van der Waals surface area (Å²) in [6.45, 7) is 6.56. The molecule has 3 rings (SSSR count). The van der Waals surface area contributed by atoms with E-state index in [4.69, 9.17) is 0 Å². The quantitative estimate of drug-likeness (QED) is 0.834. The van der Waals surface area contributed by atoms with Gasteiger partial charge in [-0.1, -0.05) is 27.2 Å². The number of carbonyl (C=O) groups is 1. The Balaban J connectivity index is 1.81. The third-order valence-electron chi connectivity index (χ3n) is 5.32. The molecule has 102 valence electrons. The number of nitrogens with one attached hydrogen (secondary N) is 1. The van der Waals surface area contributed by atoms with Crippen LogP contribution in [-0.4, -0.2) is 29.1 Å². The average molecular weight is 250 g/mol. The molecular formula is C15H26N2O. The molecule has 0 aromatic heterocycles. The maximum atomic E-state index is 12.6. The van der Waals surface area contributed by atoms with Gasteiger partial charge in [0.1, 0.15) is 0 Å². The number of nitrogens with zero attached hydrogens (tertiary/aromatic N) is 1. The Morgan fingerprint density at radius 1 is 1.33 bits per heavy atom. The summed E-state index contributed by atoms with van der Waals surface area (Å²) in [4.78, 5) is 14.8. The standard InChI is InChI=1S/C15H26N2O/c1-4-12-15(18)17(14(16-12)9(2)3)13-8-10-5-6-11(13)7-10/h9-14,16H,4-8H2,1-3H3. The van der Waals surface area contributed by atoms with Crippen molar-refractivity contribution in [3.63, 3.8) is 0 Å². The Morgan fingerprint density at radius 2 is 2.11 bits per heavy atom. The van der Waals surface area contributed by atoms with Crippen molar-refractivity contribution in [2.45, 2.75) is 71.1 Å². The molecule has 1 heterocycles. The van der Waals surface area contributed by atoms with Gasteiger partial charge < -0.3 is 4.90 Å². The Bertz CT molecular complexity index is 341. The van der Waals surface area contributed by atoms with Crippen LogP contribution in [0.25, 0.3) is 0 Å². The molecule has 3 aliphatic rings. The van der Waals surface area contributed by atoms with Crippen LogP contribution in [0.15, 0.2) is 0 Å². The van der Waals surface area contributed by atoms with Gasteiger partial charge in [-0.15, -0.1) is 0 Å². The van der Waals surface area contributed by atoms with E-state index in [2.05, 4.69) is 31.0 Å². The lowest BCUT2D eigenvalue weighted by molar-refractivity contribution is -0.134. The van der Waals surface area contributed by atoms with Gasteiger partial charge in [0, 0.05) is 6.04 Å². The Hall–Kier alpha value is -0.570. The van der Waals surface area contributed by atoms with Crippen LogP contribution in [0.3, 0.4) is 0 Å². The van der Waals surface area contributed by atoms with Gasteiger partial charge in [-0.05, 0) is 43.4 Å². The van der Waals surface area contributed by atoms with Crippen LogP contribution in [0.2, 0.25) is 0 Å². The highest BCUT2D eigenvalue weighted by Gasteiger charge is 2.50. The van der Waals surface area contributed by atoms with Crippen LogP contribution >= 0.6 is 0 Å². The van der Waals surface area contributed by atoms with E-state index in [9.17, 15) is 4.79 Å². The van der Waals surface area contributed by atoms with E-state index in [1.807, 2.05) is 0 Å². The summed E-state index contributed by atoms with van der Waals surface area (Å²) in [6.07, 6.45) is 6.57. The van der Waals surface area contributed by atoms with Crippen LogP contribution in [0.1, 0.15) is 52.9 Å². The van der Waals surface area contributed by atoms with Gasteiger partial charge >= 0.3 is 0 Å². The summed E-state index contributed by atoms with van der Waals surface area (Å²) in [7, 11) is 0.